The molecule has 1 aliphatic carbocycles. The number of urea groups is 1. The fourth-order valence-corrected chi connectivity index (χ4v) is 3.10. The number of carbonyl (C=O) groups excluding carboxylic acids is 2. The molecule has 24 heavy (non-hydrogen) atoms. The Balaban J connectivity index is 1.94. The van der Waals surface area contributed by atoms with Crippen LogP contribution in [0.15, 0.2) is 24.3 Å². The highest BCUT2D eigenvalue weighted by atomic mass is 16.2. The number of carbonyl (C=O) groups is 2. The maximum absolute atomic E-state index is 12.5. The van der Waals surface area contributed by atoms with Crippen molar-refractivity contribution in [3.63, 3.8) is 0 Å². The fraction of sp³-hybridized carbons (Fsp3) is 0.556. The summed E-state index contributed by atoms with van der Waals surface area (Å²) < 4.78 is 0. The number of nitrogens with zero attached hydrogens (tertiary/aromatic N) is 1. The van der Waals surface area contributed by atoms with Crippen molar-refractivity contribution < 1.29 is 9.59 Å². The molecule has 0 heterocycles. The lowest BCUT2D eigenvalue weighted by atomic mass is 9.74. The third-order valence-corrected chi connectivity index (χ3v) is 4.62. The zero-order valence-corrected chi connectivity index (χ0v) is 14.8. The zero-order valence-electron chi connectivity index (χ0n) is 14.8. The fourth-order valence-electron chi connectivity index (χ4n) is 3.10. The lowest BCUT2D eigenvalue weighted by molar-refractivity contribution is -0.128. The SMILES string of the molecule is CN(C)C(=O)Nc1cccc(CNC(=O)C2CCCCC2(C)N)c1. The van der Waals surface area contributed by atoms with Gasteiger partial charge in [0.15, 0.2) is 0 Å². The van der Waals surface area contributed by atoms with Crippen LogP contribution in [0.3, 0.4) is 0 Å². The number of hydrogen-bond donors (Lipinski definition) is 3. The number of nitrogens with one attached hydrogen (secondary N) is 2. The minimum Gasteiger partial charge on any atom is -0.352 e. The molecule has 0 bridgehead atoms. The third-order valence-electron chi connectivity index (χ3n) is 4.62. The molecule has 0 saturated heterocycles. The van der Waals surface area contributed by atoms with Crippen molar-refractivity contribution >= 4 is 17.6 Å². The second-order valence-corrected chi connectivity index (χ2v) is 7.05. The van der Waals surface area contributed by atoms with Crippen LogP contribution in [0.1, 0.15) is 38.2 Å². The van der Waals surface area contributed by atoms with Gasteiger partial charge in [-0.1, -0.05) is 25.0 Å². The highest BCUT2D eigenvalue weighted by Crippen LogP contribution is 2.31. The summed E-state index contributed by atoms with van der Waals surface area (Å²) in [5, 5.41) is 5.79. The first kappa shape index (κ1) is 18.3. The highest BCUT2D eigenvalue weighted by Gasteiger charge is 2.37. The van der Waals surface area contributed by atoms with Gasteiger partial charge in [-0.3, -0.25) is 4.79 Å². The van der Waals surface area contributed by atoms with E-state index in [2.05, 4.69) is 10.6 Å². The van der Waals surface area contributed by atoms with Crippen molar-refractivity contribution in [2.75, 3.05) is 19.4 Å². The maximum atomic E-state index is 12.5. The number of rotatable bonds is 4. The van der Waals surface area contributed by atoms with Crippen molar-refractivity contribution in [2.24, 2.45) is 11.7 Å². The zero-order chi connectivity index (χ0) is 17.7. The molecule has 2 rings (SSSR count). The molecule has 132 valence electrons. The van der Waals surface area contributed by atoms with Gasteiger partial charge in [0.1, 0.15) is 0 Å². The van der Waals surface area contributed by atoms with Gasteiger partial charge in [0, 0.05) is 31.9 Å². The Labute approximate surface area is 143 Å². The molecule has 2 unspecified atom stereocenters. The van der Waals surface area contributed by atoms with Gasteiger partial charge in [0.25, 0.3) is 0 Å². The standard InChI is InChI=1S/C18H28N4O2/c1-18(19)10-5-4-9-15(18)16(23)20-12-13-7-6-8-14(11-13)21-17(24)22(2)3/h6-8,11,15H,4-5,9-10,12,19H2,1-3H3,(H,20,23)(H,21,24). The predicted molar refractivity (Wildman–Crippen MR) is 95.5 cm³/mol. The summed E-state index contributed by atoms with van der Waals surface area (Å²) in [7, 11) is 3.38. The molecule has 4 N–H and O–H groups in total. The van der Waals surface area contributed by atoms with Crippen molar-refractivity contribution in [1.82, 2.24) is 10.2 Å². The largest absolute Gasteiger partial charge is 0.352 e. The molecule has 6 nitrogen and oxygen atoms in total. The summed E-state index contributed by atoms with van der Waals surface area (Å²) >= 11 is 0. The van der Waals surface area contributed by atoms with E-state index in [0.29, 0.717) is 12.2 Å². The predicted octanol–water partition coefficient (Wildman–Crippen LogP) is 2.30. The molecular weight excluding hydrogens is 304 g/mol. The molecule has 1 aromatic rings. The summed E-state index contributed by atoms with van der Waals surface area (Å²) in [5.41, 5.74) is 7.51. The molecule has 0 aromatic heterocycles. The van der Waals surface area contributed by atoms with Crippen molar-refractivity contribution in [2.45, 2.75) is 44.7 Å². The van der Waals surface area contributed by atoms with Gasteiger partial charge in [0.05, 0.1) is 5.92 Å². The first-order chi connectivity index (χ1) is 11.3. The summed E-state index contributed by atoms with van der Waals surface area (Å²) in [6.07, 6.45) is 3.87. The van der Waals surface area contributed by atoms with Gasteiger partial charge < -0.3 is 21.3 Å². The van der Waals surface area contributed by atoms with E-state index >= 15 is 0 Å². The van der Waals surface area contributed by atoms with E-state index in [9.17, 15) is 9.59 Å². The van der Waals surface area contributed by atoms with E-state index in [4.69, 9.17) is 5.73 Å². The highest BCUT2D eigenvalue weighted by molar-refractivity contribution is 5.89. The van der Waals surface area contributed by atoms with E-state index in [1.807, 2.05) is 31.2 Å². The van der Waals surface area contributed by atoms with Crippen LogP contribution in [0.25, 0.3) is 0 Å². The average Bonchev–Trinajstić information content (AvgIpc) is 2.52. The van der Waals surface area contributed by atoms with Gasteiger partial charge in [-0.25, -0.2) is 4.79 Å². The molecule has 0 radical (unpaired) electrons. The van der Waals surface area contributed by atoms with E-state index in [0.717, 1.165) is 31.2 Å². The van der Waals surface area contributed by atoms with Crippen LogP contribution in [0.4, 0.5) is 10.5 Å². The Morgan fingerprint density at radius 2 is 2.08 bits per heavy atom. The first-order valence-corrected chi connectivity index (χ1v) is 8.43. The lowest BCUT2D eigenvalue weighted by Gasteiger charge is -2.37. The first-order valence-electron chi connectivity index (χ1n) is 8.43. The molecule has 0 spiro atoms. The quantitative estimate of drug-likeness (QED) is 0.790. The van der Waals surface area contributed by atoms with Crippen LogP contribution in [0, 0.1) is 5.92 Å². The van der Waals surface area contributed by atoms with Gasteiger partial charge in [0.2, 0.25) is 5.91 Å². The summed E-state index contributed by atoms with van der Waals surface area (Å²) in [4.78, 5) is 25.6. The van der Waals surface area contributed by atoms with Crippen LogP contribution >= 0.6 is 0 Å². The minimum atomic E-state index is -0.427. The smallest absolute Gasteiger partial charge is 0.321 e. The molecule has 0 aliphatic heterocycles. The maximum Gasteiger partial charge on any atom is 0.321 e. The second kappa shape index (κ2) is 7.66. The van der Waals surface area contributed by atoms with Crippen LogP contribution in [0.5, 0.6) is 0 Å². The van der Waals surface area contributed by atoms with E-state index in [1.54, 1.807) is 14.1 Å². The third kappa shape index (κ3) is 4.71. The van der Waals surface area contributed by atoms with E-state index in [1.165, 1.54) is 4.90 Å². The molecule has 2 atom stereocenters. The number of nitrogens with two attached hydrogens (primary N) is 1. The average molecular weight is 332 g/mol. The number of anilines is 1. The summed E-state index contributed by atoms with van der Waals surface area (Å²) in [6.45, 7) is 2.39. The van der Waals surface area contributed by atoms with Crippen molar-refractivity contribution in [3.8, 4) is 0 Å². The van der Waals surface area contributed by atoms with Crippen molar-refractivity contribution in [3.05, 3.63) is 29.8 Å². The normalized spacial score (nSPS) is 23.4. The van der Waals surface area contributed by atoms with Gasteiger partial charge in [-0.2, -0.15) is 0 Å². The molecule has 3 amide bonds. The number of benzene rings is 1. The van der Waals surface area contributed by atoms with Gasteiger partial charge >= 0.3 is 6.03 Å². The Morgan fingerprint density at radius 3 is 2.75 bits per heavy atom. The molecule has 1 fully saturated rings. The molecule has 6 heteroatoms. The lowest BCUT2D eigenvalue weighted by Crippen LogP contribution is -2.52. The Kier molecular flexibility index (Phi) is 5.83. The van der Waals surface area contributed by atoms with Crippen LogP contribution in [0.2, 0.25) is 0 Å². The van der Waals surface area contributed by atoms with Gasteiger partial charge in [-0.05, 0) is 37.5 Å². The van der Waals surface area contributed by atoms with Crippen LogP contribution in [-0.4, -0.2) is 36.5 Å². The second-order valence-electron chi connectivity index (χ2n) is 7.05. The number of hydrogen-bond acceptors (Lipinski definition) is 3. The van der Waals surface area contributed by atoms with E-state index in [-0.39, 0.29) is 17.9 Å². The summed E-state index contributed by atoms with van der Waals surface area (Å²) in [6, 6.07) is 7.29. The minimum absolute atomic E-state index is 0.0161. The van der Waals surface area contributed by atoms with Gasteiger partial charge in [-0.15, -0.1) is 0 Å². The summed E-state index contributed by atoms with van der Waals surface area (Å²) in [5.74, 6) is -0.120. The Morgan fingerprint density at radius 1 is 1.33 bits per heavy atom. The Bertz CT molecular complexity index is 598. The molecule has 1 saturated carbocycles. The van der Waals surface area contributed by atoms with Crippen LogP contribution < -0.4 is 16.4 Å². The topological polar surface area (TPSA) is 87.5 Å². The molecule has 1 aliphatic rings. The molecule has 1 aromatic carbocycles. The molecular formula is C18H28N4O2. The monoisotopic (exact) mass is 332 g/mol. The van der Waals surface area contributed by atoms with Crippen molar-refractivity contribution in [1.29, 1.82) is 0 Å². The van der Waals surface area contributed by atoms with E-state index < -0.39 is 5.54 Å². The van der Waals surface area contributed by atoms with Crippen LogP contribution in [-0.2, 0) is 11.3 Å². The number of amides is 3. The Hall–Kier alpha value is -2.08.